The van der Waals surface area contributed by atoms with E-state index in [1.165, 1.54) is 9.42 Å². The summed E-state index contributed by atoms with van der Waals surface area (Å²) < 4.78 is 30.7. The number of nitrogens with one attached hydrogen (secondary N) is 2. The lowest BCUT2D eigenvalue weighted by Crippen LogP contribution is -2.37. The zero-order chi connectivity index (χ0) is 25.9. The number of piperidine rings is 1. The molecule has 0 unspecified atom stereocenters. The van der Waals surface area contributed by atoms with E-state index in [1.807, 2.05) is 19.9 Å². The molecule has 192 valence electrons. The third-order valence-corrected chi connectivity index (χ3v) is 6.59. The first-order chi connectivity index (χ1) is 17.1. The van der Waals surface area contributed by atoms with Gasteiger partial charge in [0.1, 0.15) is 0 Å². The summed E-state index contributed by atoms with van der Waals surface area (Å²) in [4.78, 5) is 34.3. The molecule has 1 aliphatic heterocycles. The van der Waals surface area contributed by atoms with Crippen molar-refractivity contribution in [1.29, 1.82) is 0 Å². The average Bonchev–Trinajstić information content (AvgIpc) is 3.27. The summed E-state index contributed by atoms with van der Waals surface area (Å²) in [7, 11) is -3.65. The van der Waals surface area contributed by atoms with Crippen LogP contribution in [0.15, 0.2) is 35.6 Å². The van der Waals surface area contributed by atoms with Crippen LogP contribution in [-0.4, -0.2) is 64.4 Å². The van der Waals surface area contributed by atoms with Crippen molar-refractivity contribution in [2.75, 3.05) is 30.0 Å². The van der Waals surface area contributed by atoms with Gasteiger partial charge in [-0.25, -0.2) is 18.0 Å². The molecule has 0 saturated carbocycles. The van der Waals surface area contributed by atoms with Gasteiger partial charge in [-0.15, -0.1) is 0 Å². The highest BCUT2D eigenvalue weighted by Crippen LogP contribution is 2.22. The largest absolute Gasteiger partial charge is 0.420 e. The predicted octanol–water partition coefficient (Wildman–Crippen LogP) is 3.42. The van der Waals surface area contributed by atoms with Crippen molar-refractivity contribution in [2.24, 2.45) is 0 Å². The fraction of sp³-hybridized carbons (Fsp3) is 0.435. The average molecular weight is 516 g/mol. The van der Waals surface area contributed by atoms with Crippen molar-refractivity contribution in [1.82, 2.24) is 24.5 Å². The molecule has 3 heterocycles. The number of carbonyl (C=O) groups excluding carboxylic acids is 2. The SMILES string of the molecule is CC(C)c1cnn2c(NCc3cccc(NC(=O)OC(=O)N4CCCCC4)c3)nc(S(C)(=O)=O)nc12. The van der Waals surface area contributed by atoms with Gasteiger partial charge in [0.15, 0.2) is 5.65 Å². The molecule has 2 aromatic heterocycles. The molecular formula is C23H29N7O5S. The van der Waals surface area contributed by atoms with Gasteiger partial charge < -0.3 is 15.0 Å². The lowest BCUT2D eigenvalue weighted by molar-refractivity contribution is 0.117. The first-order valence-electron chi connectivity index (χ1n) is 11.7. The monoisotopic (exact) mass is 515 g/mol. The number of aromatic nitrogens is 4. The highest BCUT2D eigenvalue weighted by molar-refractivity contribution is 7.90. The molecule has 0 atom stereocenters. The smallest absolute Gasteiger partial charge is 0.359 e. The van der Waals surface area contributed by atoms with Gasteiger partial charge in [0.05, 0.1) is 6.20 Å². The molecule has 0 bridgehead atoms. The van der Waals surface area contributed by atoms with Crippen molar-refractivity contribution in [3.63, 3.8) is 0 Å². The number of carbonyl (C=O) groups is 2. The standard InChI is InChI=1S/C23H29N7O5S/c1-15(2)18-14-25-30-19(18)27-21(36(3,33)34)28-20(30)24-13-16-8-7-9-17(12-16)26-22(31)35-23(32)29-10-5-4-6-11-29/h7-9,12,14-15H,4-6,10-11,13H2,1-3H3,(H,26,31)(H,24,27,28). The minimum Gasteiger partial charge on any atom is -0.359 e. The topological polar surface area (TPSA) is 148 Å². The summed E-state index contributed by atoms with van der Waals surface area (Å²) in [6.07, 6.45) is 4.04. The van der Waals surface area contributed by atoms with E-state index in [0.29, 0.717) is 24.4 Å². The molecule has 3 aromatic rings. The number of anilines is 2. The quantitative estimate of drug-likeness (QED) is 0.471. The zero-order valence-electron chi connectivity index (χ0n) is 20.4. The summed E-state index contributed by atoms with van der Waals surface area (Å²) in [5, 5.41) is 9.70. The molecule has 1 saturated heterocycles. The molecule has 36 heavy (non-hydrogen) atoms. The Labute approximate surface area is 209 Å². The minimum atomic E-state index is -3.65. The van der Waals surface area contributed by atoms with Gasteiger partial charge in [0.2, 0.25) is 15.8 Å². The van der Waals surface area contributed by atoms with E-state index in [9.17, 15) is 18.0 Å². The molecule has 0 radical (unpaired) electrons. The Hall–Kier alpha value is -3.74. The van der Waals surface area contributed by atoms with Crippen molar-refractivity contribution >= 4 is 39.3 Å². The highest BCUT2D eigenvalue weighted by atomic mass is 32.2. The van der Waals surface area contributed by atoms with Crippen LogP contribution >= 0.6 is 0 Å². The van der Waals surface area contributed by atoms with Gasteiger partial charge in [-0.2, -0.15) is 19.6 Å². The molecule has 1 aromatic carbocycles. The number of amides is 2. The normalized spacial score (nSPS) is 14.2. The number of nitrogens with zero attached hydrogens (tertiary/aromatic N) is 5. The van der Waals surface area contributed by atoms with Crippen LogP contribution in [0.5, 0.6) is 0 Å². The maximum atomic E-state index is 12.2. The van der Waals surface area contributed by atoms with Gasteiger partial charge >= 0.3 is 12.2 Å². The van der Waals surface area contributed by atoms with Crippen LogP contribution in [0.3, 0.4) is 0 Å². The number of hydrogen-bond acceptors (Lipinski definition) is 9. The molecule has 2 N–H and O–H groups in total. The van der Waals surface area contributed by atoms with Crippen LogP contribution in [0.25, 0.3) is 5.65 Å². The number of ether oxygens (including phenoxy) is 1. The van der Waals surface area contributed by atoms with E-state index in [4.69, 9.17) is 4.74 Å². The number of fused-ring (bicyclic) bond motifs is 1. The summed E-state index contributed by atoms with van der Waals surface area (Å²) in [6, 6.07) is 6.93. The summed E-state index contributed by atoms with van der Waals surface area (Å²) >= 11 is 0. The minimum absolute atomic E-state index is 0.0852. The first kappa shape index (κ1) is 25.4. The third kappa shape index (κ3) is 5.90. The zero-order valence-corrected chi connectivity index (χ0v) is 21.2. The van der Waals surface area contributed by atoms with E-state index in [1.54, 1.807) is 24.4 Å². The Morgan fingerprint density at radius 3 is 2.58 bits per heavy atom. The molecule has 4 rings (SSSR count). The Morgan fingerprint density at radius 1 is 1.14 bits per heavy atom. The molecule has 1 aliphatic rings. The van der Waals surface area contributed by atoms with Crippen LogP contribution in [0.2, 0.25) is 0 Å². The van der Waals surface area contributed by atoms with Crippen LogP contribution in [0, 0.1) is 0 Å². The Bertz CT molecular complexity index is 1380. The van der Waals surface area contributed by atoms with Crippen molar-refractivity contribution in [2.45, 2.75) is 50.7 Å². The van der Waals surface area contributed by atoms with Gasteiger partial charge in [-0.3, -0.25) is 5.32 Å². The molecule has 1 fully saturated rings. The maximum absolute atomic E-state index is 12.2. The highest BCUT2D eigenvalue weighted by Gasteiger charge is 2.21. The fourth-order valence-electron chi connectivity index (χ4n) is 3.87. The fourth-order valence-corrected chi connectivity index (χ4v) is 4.37. The Morgan fingerprint density at radius 2 is 1.89 bits per heavy atom. The number of sulfone groups is 1. The summed E-state index contributed by atoms with van der Waals surface area (Å²) in [5.41, 5.74) is 2.42. The lowest BCUT2D eigenvalue weighted by Gasteiger charge is -2.25. The van der Waals surface area contributed by atoms with Crippen molar-refractivity contribution < 1.29 is 22.7 Å². The van der Waals surface area contributed by atoms with Gasteiger partial charge in [-0.1, -0.05) is 26.0 Å². The third-order valence-electron chi connectivity index (χ3n) is 5.75. The Kier molecular flexibility index (Phi) is 7.38. The van der Waals surface area contributed by atoms with Crippen LogP contribution in [0.1, 0.15) is 50.2 Å². The molecular weight excluding hydrogens is 486 g/mol. The second kappa shape index (κ2) is 10.5. The number of likely N-dealkylation sites (tertiary alicyclic amines) is 1. The molecule has 12 nitrogen and oxygen atoms in total. The summed E-state index contributed by atoms with van der Waals surface area (Å²) in [5.74, 6) is 0.305. The van der Waals surface area contributed by atoms with E-state index in [2.05, 4.69) is 25.7 Å². The number of rotatable bonds is 6. The second-order valence-electron chi connectivity index (χ2n) is 8.97. The van der Waals surface area contributed by atoms with Crippen molar-refractivity contribution in [3.05, 3.63) is 41.6 Å². The van der Waals surface area contributed by atoms with Crippen LogP contribution < -0.4 is 10.6 Å². The number of benzene rings is 1. The van der Waals surface area contributed by atoms with Gasteiger partial charge in [0.25, 0.3) is 5.16 Å². The predicted molar refractivity (Wildman–Crippen MR) is 133 cm³/mol. The first-order valence-corrected chi connectivity index (χ1v) is 13.6. The van der Waals surface area contributed by atoms with Crippen LogP contribution in [0.4, 0.5) is 21.2 Å². The van der Waals surface area contributed by atoms with E-state index in [0.717, 1.165) is 36.6 Å². The molecule has 0 spiro atoms. The molecule has 2 amide bonds. The Balaban J connectivity index is 1.47. The van der Waals surface area contributed by atoms with Crippen molar-refractivity contribution in [3.8, 4) is 0 Å². The van der Waals surface area contributed by atoms with E-state index in [-0.39, 0.29) is 23.6 Å². The van der Waals surface area contributed by atoms with Gasteiger partial charge in [0, 0.05) is 37.1 Å². The maximum Gasteiger partial charge on any atom is 0.420 e. The molecule has 13 heteroatoms. The number of hydrogen-bond donors (Lipinski definition) is 2. The van der Waals surface area contributed by atoms with E-state index >= 15 is 0 Å². The second-order valence-corrected chi connectivity index (χ2v) is 10.9. The summed E-state index contributed by atoms with van der Waals surface area (Å²) in [6.45, 7) is 5.36. The lowest BCUT2D eigenvalue weighted by atomic mass is 10.1. The van der Waals surface area contributed by atoms with Crippen LogP contribution in [-0.2, 0) is 21.1 Å². The molecule has 0 aliphatic carbocycles. The van der Waals surface area contributed by atoms with E-state index < -0.39 is 22.0 Å². The van der Waals surface area contributed by atoms with Gasteiger partial charge in [-0.05, 0) is 42.9 Å².